The Bertz CT molecular complexity index is 1480. The Morgan fingerprint density at radius 3 is 2.06 bits per heavy atom. The molecule has 1 aromatic rings. The minimum atomic E-state index is -0.890. The van der Waals surface area contributed by atoms with Crippen LogP contribution in [0.4, 0.5) is 0 Å². The van der Waals surface area contributed by atoms with Crippen molar-refractivity contribution in [2.24, 2.45) is 5.73 Å². The molecule has 1 amide bonds. The second kappa shape index (κ2) is 18.3. The number of nitrogens with two attached hydrogens (primary N) is 1. The second-order valence-corrected chi connectivity index (χ2v) is 12.2. The molecule has 9 heteroatoms. The highest BCUT2D eigenvalue weighted by molar-refractivity contribution is 6.02. The fraction of sp³-hybridized carbons (Fsp3) is 0.436. The molecule has 0 saturated carbocycles. The molecule has 1 saturated heterocycles. The van der Waals surface area contributed by atoms with Gasteiger partial charge in [-0.25, -0.2) is 0 Å². The van der Waals surface area contributed by atoms with Crippen LogP contribution in [0.5, 0.6) is 17.2 Å². The van der Waals surface area contributed by atoms with E-state index in [4.69, 9.17) is 29.4 Å². The molecular weight excluding hydrogens is 610 g/mol. The summed E-state index contributed by atoms with van der Waals surface area (Å²) < 4.78 is 28.9. The summed E-state index contributed by atoms with van der Waals surface area (Å²) in [6.45, 7) is 5.65. The molecule has 48 heavy (non-hydrogen) atoms. The van der Waals surface area contributed by atoms with Gasteiger partial charge in [0.25, 0.3) is 5.91 Å². The summed E-state index contributed by atoms with van der Waals surface area (Å²) in [7, 11) is 0. The number of allylic oxidation sites excluding steroid dienone is 12. The third-order valence-corrected chi connectivity index (χ3v) is 7.94. The van der Waals surface area contributed by atoms with Crippen LogP contribution in [0.1, 0.15) is 94.5 Å². The molecule has 0 radical (unpaired) electrons. The van der Waals surface area contributed by atoms with Gasteiger partial charge in [-0.05, 0) is 82.1 Å². The highest BCUT2D eigenvalue weighted by Crippen LogP contribution is 2.48. The van der Waals surface area contributed by atoms with Crippen LogP contribution in [-0.4, -0.2) is 47.9 Å². The van der Waals surface area contributed by atoms with E-state index < -0.39 is 30.0 Å². The highest BCUT2D eigenvalue weighted by Gasteiger charge is 2.49. The van der Waals surface area contributed by atoms with Gasteiger partial charge in [0.1, 0.15) is 12.2 Å². The molecule has 3 aliphatic rings. The van der Waals surface area contributed by atoms with Gasteiger partial charge in [-0.3, -0.25) is 9.59 Å². The van der Waals surface area contributed by atoms with Crippen LogP contribution in [0.3, 0.4) is 0 Å². The Balaban J connectivity index is 1.23. The van der Waals surface area contributed by atoms with Crippen LogP contribution in [0, 0.1) is 0 Å². The average Bonchev–Trinajstić information content (AvgIpc) is 3.65. The normalized spacial score (nSPS) is 21.8. The summed E-state index contributed by atoms with van der Waals surface area (Å²) in [6, 6.07) is 1.61. The predicted molar refractivity (Wildman–Crippen MR) is 186 cm³/mol. The van der Waals surface area contributed by atoms with Crippen molar-refractivity contribution in [2.45, 2.75) is 103 Å². The summed E-state index contributed by atoms with van der Waals surface area (Å²) in [4.78, 5) is 25.3. The first-order valence-corrected chi connectivity index (χ1v) is 16.8. The molecular formula is C39H49NO8. The quantitative estimate of drug-likeness (QED) is 0.128. The molecule has 9 nitrogen and oxygen atoms in total. The zero-order chi connectivity index (χ0) is 34.4. The lowest BCUT2D eigenvalue weighted by atomic mass is 9.85. The van der Waals surface area contributed by atoms with Gasteiger partial charge in [-0.2, -0.15) is 0 Å². The van der Waals surface area contributed by atoms with Gasteiger partial charge in [-0.15, -0.1) is 0 Å². The summed E-state index contributed by atoms with van der Waals surface area (Å²) in [5.41, 5.74) is 6.56. The maximum absolute atomic E-state index is 12.9. The number of esters is 1. The summed E-state index contributed by atoms with van der Waals surface area (Å²) in [6.07, 6.45) is 32.4. The third kappa shape index (κ3) is 10.6. The maximum Gasteiger partial charge on any atom is 0.306 e. The molecule has 0 bridgehead atoms. The average molecular weight is 660 g/mol. The minimum absolute atomic E-state index is 0.0702. The van der Waals surface area contributed by atoms with E-state index in [1.807, 2.05) is 12.2 Å². The predicted octanol–water partition coefficient (Wildman–Crippen LogP) is 7.92. The van der Waals surface area contributed by atoms with E-state index in [-0.39, 0.29) is 36.2 Å². The van der Waals surface area contributed by atoms with E-state index in [0.717, 1.165) is 38.5 Å². The number of aromatic hydroxyl groups is 1. The van der Waals surface area contributed by atoms with Crippen molar-refractivity contribution in [3.63, 3.8) is 0 Å². The zero-order valence-corrected chi connectivity index (χ0v) is 28.3. The Morgan fingerprint density at radius 1 is 0.896 bits per heavy atom. The molecule has 1 fully saturated rings. The molecule has 258 valence electrons. The van der Waals surface area contributed by atoms with Gasteiger partial charge < -0.3 is 34.5 Å². The van der Waals surface area contributed by atoms with E-state index >= 15 is 0 Å². The van der Waals surface area contributed by atoms with Crippen molar-refractivity contribution in [1.29, 1.82) is 0 Å². The first kappa shape index (κ1) is 36.5. The number of rotatable bonds is 17. The number of fused-ring (bicyclic) bond motifs is 2. The number of carbonyl (C=O) groups excluding carboxylic acids is 2. The highest BCUT2D eigenvalue weighted by atomic mass is 16.8. The molecule has 3 atom stereocenters. The largest absolute Gasteiger partial charge is 0.504 e. The number of carbonyl (C=O) groups is 2. The van der Waals surface area contributed by atoms with Crippen LogP contribution < -0.4 is 15.2 Å². The summed E-state index contributed by atoms with van der Waals surface area (Å²) in [5.74, 6) is -2.11. The molecule has 0 spiro atoms. The van der Waals surface area contributed by atoms with Crippen LogP contribution >= 0.6 is 0 Å². The smallest absolute Gasteiger partial charge is 0.306 e. The lowest BCUT2D eigenvalue weighted by Crippen LogP contribution is -2.40. The number of hydrogen-bond donors (Lipinski definition) is 2. The number of phenols is 1. The van der Waals surface area contributed by atoms with Gasteiger partial charge >= 0.3 is 5.97 Å². The standard InChI is InChI=1S/C39H49NO8/c1-4-5-6-7-8-9-10-11-12-13-14-15-16-17-18-19-20-21-22-23-33(41)46-31-24-28(25-32-36(31)48-39(2,3)47-32)29-26-30-37(45-27-44-30)35(42)34(29)38(40)43/h5-6,8-9,11-12,14-15,17-18,20-21,24,26,31-32,36,42H,4,7,10,13,16,19,22-23,25,27H2,1-3H3,(H2,40,43)/b6-5-,9-8-,12-11-,15-14-,18-17-,21-20-/t31-,32-,36+/m0/s1. The maximum atomic E-state index is 12.9. The van der Waals surface area contributed by atoms with Crippen molar-refractivity contribution < 1.29 is 38.4 Å². The van der Waals surface area contributed by atoms with Crippen LogP contribution in [0.25, 0.3) is 5.57 Å². The van der Waals surface area contributed by atoms with E-state index in [2.05, 4.69) is 67.7 Å². The molecule has 2 heterocycles. The summed E-state index contributed by atoms with van der Waals surface area (Å²) >= 11 is 0. The number of primary amides is 1. The minimum Gasteiger partial charge on any atom is -0.504 e. The fourth-order valence-electron chi connectivity index (χ4n) is 5.76. The van der Waals surface area contributed by atoms with Crippen LogP contribution in [0.15, 0.2) is 85.1 Å². The van der Waals surface area contributed by atoms with E-state index in [9.17, 15) is 14.7 Å². The molecule has 2 aliphatic heterocycles. The first-order chi connectivity index (χ1) is 23.2. The van der Waals surface area contributed by atoms with Crippen LogP contribution in [0.2, 0.25) is 0 Å². The Morgan fingerprint density at radius 2 is 1.48 bits per heavy atom. The number of ether oxygens (including phenoxy) is 5. The molecule has 1 aromatic carbocycles. The van der Waals surface area contributed by atoms with Crippen molar-refractivity contribution in [1.82, 2.24) is 0 Å². The lowest BCUT2D eigenvalue weighted by molar-refractivity contribution is -0.166. The van der Waals surface area contributed by atoms with E-state index in [0.29, 0.717) is 29.7 Å². The number of benzene rings is 1. The molecule has 0 unspecified atom stereocenters. The number of hydrogen-bond acceptors (Lipinski definition) is 8. The van der Waals surface area contributed by atoms with Gasteiger partial charge in [0, 0.05) is 12.8 Å². The second-order valence-electron chi connectivity index (χ2n) is 12.2. The molecule has 4 rings (SSSR count). The first-order valence-electron chi connectivity index (χ1n) is 16.8. The van der Waals surface area contributed by atoms with E-state index in [1.165, 1.54) is 0 Å². The van der Waals surface area contributed by atoms with Crippen LogP contribution in [-0.2, 0) is 19.0 Å². The van der Waals surface area contributed by atoms with Gasteiger partial charge in [0.15, 0.2) is 17.3 Å². The van der Waals surface area contributed by atoms with Gasteiger partial charge in [-0.1, -0.05) is 79.8 Å². The monoisotopic (exact) mass is 659 g/mol. The topological polar surface area (TPSA) is 127 Å². The molecule has 1 aliphatic carbocycles. The Labute approximate surface area is 284 Å². The Hall–Kier alpha value is -4.34. The molecule has 3 N–H and O–H groups in total. The lowest BCUT2D eigenvalue weighted by Gasteiger charge is -2.30. The van der Waals surface area contributed by atoms with E-state index in [1.54, 1.807) is 26.0 Å². The zero-order valence-electron chi connectivity index (χ0n) is 28.3. The summed E-state index contributed by atoms with van der Waals surface area (Å²) in [5, 5.41) is 10.8. The van der Waals surface area contributed by atoms with Crippen molar-refractivity contribution >= 4 is 17.4 Å². The fourth-order valence-corrected chi connectivity index (χ4v) is 5.76. The SMILES string of the molecule is CC/C=C\C/C=C\C/C=C\C/C=C\C/C=C\C/C=C\CCC(=O)O[C@H]1C=C(c2cc3c(c(O)c2C(N)=O)OCO3)C[C@@H]2OC(C)(C)O[C@H]12. The van der Waals surface area contributed by atoms with Gasteiger partial charge in [0.05, 0.1) is 11.7 Å². The van der Waals surface area contributed by atoms with Crippen molar-refractivity contribution in [3.05, 3.63) is 96.2 Å². The Kier molecular flexibility index (Phi) is 13.9. The van der Waals surface area contributed by atoms with Gasteiger partial charge in [0.2, 0.25) is 12.5 Å². The van der Waals surface area contributed by atoms with Crippen molar-refractivity contribution in [2.75, 3.05) is 6.79 Å². The van der Waals surface area contributed by atoms with Crippen molar-refractivity contribution in [3.8, 4) is 17.2 Å². The third-order valence-electron chi connectivity index (χ3n) is 7.94. The molecule has 0 aromatic heterocycles. The number of amides is 1.